The van der Waals surface area contributed by atoms with Gasteiger partial charge in [-0.25, -0.2) is 4.79 Å². The molecule has 0 fully saturated rings. The Hall–Kier alpha value is -2.17. The van der Waals surface area contributed by atoms with Gasteiger partial charge in [-0.2, -0.15) is 0 Å². The molecule has 5 nitrogen and oxygen atoms in total. The summed E-state index contributed by atoms with van der Waals surface area (Å²) in [6.07, 6.45) is 21.7. The number of allylic oxidation sites excluding steroid dienone is 8. The van der Waals surface area contributed by atoms with Crippen molar-refractivity contribution < 1.29 is 14.8 Å². The summed E-state index contributed by atoms with van der Waals surface area (Å²) in [6, 6.07) is -1.48. The van der Waals surface area contributed by atoms with E-state index in [1.54, 1.807) is 0 Å². The van der Waals surface area contributed by atoms with E-state index in [9.17, 15) is 14.9 Å². The Kier molecular flexibility index (Phi) is 13.4. The van der Waals surface area contributed by atoms with Gasteiger partial charge in [0.25, 0.3) is 0 Å². The lowest BCUT2D eigenvalue weighted by Gasteiger charge is -2.02. The highest BCUT2D eigenvalue weighted by molar-refractivity contribution is 5.71. The van der Waals surface area contributed by atoms with Gasteiger partial charge in [0.1, 0.15) is 0 Å². The van der Waals surface area contributed by atoms with Crippen molar-refractivity contribution in [2.24, 2.45) is 0 Å². The van der Waals surface area contributed by atoms with E-state index >= 15 is 0 Å². The second-order valence-electron chi connectivity index (χ2n) is 5.07. The maximum absolute atomic E-state index is 10.6. The van der Waals surface area contributed by atoms with Crippen LogP contribution in [-0.4, -0.2) is 22.0 Å². The average molecular weight is 321 g/mol. The summed E-state index contributed by atoms with van der Waals surface area (Å²) >= 11 is 0. The molecule has 0 saturated carbocycles. The van der Waals surface area contributed by atoms with E-state index in [0.29, 0.717) is 12.8 Å². The smallest absolute Gasteiger partial charge is 0.379 e. The quantitative estimate of drug-likeness (QED) is 0.231. The molecule has 0 aromatic carbocycles. The molecule has 0 aromatic rings. The third-order valence-corrected chi connectivity index (χ3v) is 3.11. The molecular weight excluding hydrogens is 294 g/mol. The van der Waals surface area contributed by atoms with E-state index < -0.39 is 16.9 Å². The largest absolute Gasteiger partial charge is 0.476 e. The molecule has 1 unspecified atom stereocenters. The summed E-state index contributed by atoms with van der Waals surface area (Å²) < 4.78 is 0. The number of rotatable bonds is 13. The molecule has 0 rings (SSSR count). The van der Waals surface area contributed by atoms with Crippen LogP contribution in [0.2, 0.25) is 0 Å². The molecule has 0 aliphatic carbocycles. The lowest BCUT2D eigenvalue weighted by Crippen LogP contribution is -2.28. The molecule has 23 heavy (non-hydrogen) atoms. The van der Waals surface area contributed by atoms with Gasteiger partial charge in [-0.3, -0.25) is 10.1 Å². The molecule has 128 valence electrons. The second-order valence-corrected chi connectivity index (χ2v) is 5.07. The predicted octanol–water partition coefficient (Wildman–Crippen LogP) is 4.69. The molecular formula is C18H27NO4. The third kappa shape index (κ3) is 13.2. The normalized spacial score (nSPS) is 13.6. The number of hydrogen-bond donors (Lipinski definition) is 1. The summed E-state index contributed by atoms with van der Waals surface area (Å²) in [6.45, 7) is 2.11. The molecule has 0 amide bonds. The SMILES string of the molecule is CC/C=C\C/C=C\C/C=C\C/C=C\CCCC(C(=O)O)[N+](=O)[O-]. The van der Waals surface area contributed by atoms with Crippen molar-refractivity contribution in [1.29, 1.82) is 0 Å². The van der Waals surface area contributed by atoms with Crippen LogP contribution in [0.5, 0.6) is 0 Å². The number of nitrogens with zero attached hydrogens (tertiary/aromatic N) is 1. The van der Waals surface area contributed by atoms with Gasteiger partial charge in [0.05, 0.1) is 0 Å². The first kappa shape index (κ1) is 20.8. The Morgan fingerprint density at radius 3 is 1.91 bits per heavy atom. The maximum atomic E-state index is 10.6. The van der Waals surface area contributed by atoms with Gasteiger partial charge in [0.15, 0.2) is 0 Å². The highest BCUT2D eigenvalue weighted by atomic mass is 16.6. The molecule has 1 atom stereocenters. The minimum absolute atomic E-state index is 0.0692. The van der Waals surface area contributed by atoms with Crippen molar-refractivity contribution in [1.82, 2.24) is 0 Å². The number of nitro groups is 1. The van der Waals surface area contributed by atoms with Crippen molar-refractivity contribution in [3.05, 3.63) is 58.7 Å². The number of carboxylic acid groups (broad SMARTS) is 1. The molecule has 0 heterocycles. The summed E-state index contributed by atoms with van der Waals surface area (Å²) in [4.78, 5) is 20.4. The zero-order chi connectivity index (χ0) is 17.3. The third-order valence-electron chi connectivity index (χ3n) is 3.11. The van der Waals surface area contributed by atoms with Gasteiger partial charge < -0.3 is 5.11 Å². The zero-order valence-corrected chi connectivity index (χ0v) is 13.8. The number of unbranched alkanes of at least 4 members (excludes halogenated alkanes) is 1. The summed E-state index contributed by atoms with van der Waals surface area (Å²) in [7, 11) is 0. The van der Waals surface area contributed by atoms with Crippen LogP contribution < -0.4 is 0 Å². The van der Waals surface area contributed by atoms with Gasteiger partial charge in [0, 0.05) is 11.3 Å². The minimum Gasteiger partial charge on any atom is -0.476 e. The van der Waals surface area contributed by atoms with Crippen LogP contribution in [0.25, 0.3) is 0 Å². The van der Waals surface area contributed by atoms with Crippen molar-refractivity contribution in [3.63, 3.8) is 0 Å². The molecule has 0 aliphatic heterocycles. The van der Waals surface area contributed by atoms with E-state index in [1.807, 2.05) is 12.2 Å². The summed E-state index contributed by atoms with van der Waals surface area (Å²) in [5.74, 6) is -1.36. The van der Waals surface area contributed by atoms with Crippen LogP contribution in [-0.2, 0) is 4.79 Å². The molecule has 0 aliphatic rings. The number of hydrogen-bond acceptors (Lipinski definition) is 3. The van der Waals surface area contributed by atoms with Crippen molar-refractivity contribution >= 4 is 5.97 Å². The average Bonchev–Trinajstić information content (AvgIpc) is 2.50. The zero-order valence-electron chi connectivity index (χ0n) is 13.8. The Bertz CT molecular complexity index is 436. The molecule has 0 saturated heterocycles. The number of aliphatic carboxylic acids is 1. The monoisotopic (exact) mass is 321 g/mol. The van der Waals surface area contributed by atoms with Crippen LogP contribution >= 0.6 is 0 Å². The van der Waals surface area contributed by atoms with Crippen LogP contribution in [0.3, 0.4) is 0 Å². The standard InChI is InChI=1S/C18H27NO4/c1-2-3-4-5-6-7-8-9-10-11-12-13-14-15-16-17(18(20)21)19(22)23/h3-4,6-7,9-10,12-13,17H,2,5,8,11,14-16H2,1H3,(H,20,21)/b4-3-,7-6-,10-9-,13-12-. The van der Waals surface area contributed by atoms with Gasteiger partial charge in [-0.05, 0) is 38.5 Å². The van der Waals surface area contributed by atoms with Crippen molar-refractivity contribution in [2.45, 2.75) is 57.9 Å². The summed E-state index contributed by atoms with van der Waals surface area (Å²) in [5, 5.41) is 19.2. The molecule has 0 spiro atoms. The number of carbonyl (C=O) groups is 1. The van der Waals surface area contributed by atoms with Gasteiger partial charge >= 0.3 is 12.0 Å². The second kappa shape index (κ2) is 14.8. The highest BCUT2D eigenvalue weighted by Crippen LogP contribution is 2.05. The molecule has 0 bridgehead atoms. The van der Waals surface area contributed by atoms with Gasteiger partial charge in [-0.1, -0.05) is 55.5 Å². The van der Waals surface area contributed by atoms with Crippen molar-refractivity contribution in [2.75, 3.05) is 0 Å². The van der Waals surface area contributed by atoms with Crippen LogP contribution in [0, 0.1) is 10.1 Å². The first-order valence-electron chi connectivity index (χ1n) is 8.05. The summed E-state index contributed by atoms with van der Waals surface area (Å²) in [5.41, 5.74) is 0. The topological polar surface area (TPSA) is 80.4 Å². The van der Waals surface area contributed by atoms with E-state index in [1.165, 1.54) is 0 Å². The Morgan fingerprint density at radius 1 is 1.00 bits per heavy atom. The first-order valence-corrected chi connectivity index (χ1v) is 8.05. The van der Waals surface area contributed by atoms with Gasteiger partial charge in [-0.15, -0.1) is 0 Å². The maximum Gasteiger partial charge on any atom is 0.379 e. The lowest BCUT2D eigenvalue weighted by atomic mass is 10.1. The van der Waals surface area contributed by atoms with Crippen LogP contribution in [0.1, 0.15) is 51.9 Å². The highest BCUT2D eigenvalue weighted by Gasteiger charge is 2.27. The van der Waals surface area contributed by atoms with Gasteiger partial charge in [0.2, 0.25) is 0 Å². The lowest BCUT2D eigenvalue weighted by molar-refractivity contribution is -0.511. The Labute approximate surface area is 138 Å². The van der Waals surface area contributed by atoms with Crippen molar-refractivity contribution in [3.8, 4) is 0 Å². The van der Waals surface area contributed by atoms with E-state index in [0.717, 1.165) is 25.7 Å². The van der Waals surface area contributed by atoms with Crippen LogP contribution in [0.15, 0.2) is 48.6 Å². The minimum atomic E-state index is -1.48. The molecule has 5 heteroatoms. The molecule has 0 radical (unpaired) electrons. The molecule has 0 aromatic heterocycles. The first-order chi connectivity index (χ1) is 11.1. The number of carboxylic acids is 1. The Balaban J connectivity index is 3.67. The van der Waals surface area contributed by atoms with E-state index in [2.05, 4.69) is 43.4 Å². The Morgan fingerprint density at radius 2 is 1.48 bits per heavy atom. The van der Waals surface area contributed by atoms with E-state index in [-0.39, 0.29) is 6.42 Å². The predicted molar refractivity (Wildman–Crippen MR) is 93.0 cm³/mol. The fourth-order valence-electron chi connectivity index (χ4n) is 1.85. The fourth-order valence-corrected chi connectivity index (χ4v) is 1.85. The fraction of sp³-hybridized carbons (Fsp3) is 0.500. The molecule has 1 N–H and O–H groups in total. The van der Waals surface area contributed by atoms with E-state index in [4.69, 9.17) is 5.11 Å². The van der Waals surface area contributed by atoms with Crippen LogP contribution in [0.4, 0.5) is 0 Å².